The first kappa shape index (κ1) is 13.9. The molecule has 0 N–H and O–H groups in total. The van der Waals surface area contributed by atoms with Gasteiger partial charge in [0.25, 0.3) is 0 Å². The Morgan fingerprint density at radius 2 is 1.60 bits per heavy atom. The summed E-state index contributed by atoms with van der Waals surface area (Å²) in [6.45, 7) is 4.23. The zero-order valence-electron chi connectivity index (χ0n) is 8.89. The molecule has 3 nitrogen and oxygen atoms in total. The minimum absolute atomic E-state index is 0.162. The maximum Gasteiger partial charge on any atom is 0.407 e. The van der Waals surface area contributed by atoms with Crippen molar-refractivity contribution < 1.29 is 22.8 Å². The van der Waals surface area contributed by atoms with E-state index in [2.05, 4.69) is 0 Å². The average Bonchev–Trinajstić information content (AvgIpc) is 2.02. The minimum Gasteiger partial charge on any atom is -0.342 e. The smallest absolute Gasteiger partial charge is 0.342 e. The second-order valence-corrected chi connectivity index (χ2v) is 3.10. The van der Waals surface area contributed by atoms with Crippen molar-refractivity contribution in [1.29, 1.82) is 0 Å². The second-order valence-electron chi connectivity index (χ2n) is 3.10. The van der Waals surface area contributed by atoms with E-state index >= 15 is 0 Å². The van der Waals surface area contributed by atoms with E-state index in [-0.39, 0.29) is 13.1 Å². The number of ketones is 1. The number of Topliss-reactive ketones (excluding diaryl/α,β-unsaturated/α-hetero) is 1. The van der Waals surface area contributed by atoms with Crippen molar-refractivity contribution in [3.63, 3.8) is 0 Å². The number of amides is 1. The summed E-state index contributed by atoms with van der Waals surface area (Å²) >= 11 is 0. The molecule has 0 aliphatic carbocycles. The van der Waals surface area contributed by atoms with E-state index in [1.165, 1.54) is 0 Å². The summed E-state index contributed by atoms with van der Waals surface area (Å²) in [5, 5.41) is 0. The molecule has 6 heteroatoms. The highest BCUT2D eigenvalue weighted by Crippen LogP contribution is 2.28. The summed E-state index contributed by atoms with van der Waals surface area (Å²) in [6.07, 6.45) is -4.80. The van der Waals surface area contributed by atoms with Crippen LogP contribution in [0.2, 0.25) is 0 Å². The number of nitrogens with zero attached hydrogens (tertiary/aromatic N) is 1. The number of rotatable bonds is 4. The van der Waals surface area contributed by atoms with Crippen LogP contribution in [-0.2, 0) is 9.59 Å². The van der Waals surface area contributed by atoms with Crippen LogP contribution in [0, 0.1) is 5.92 Å². The largest absolute Gasteiger partial charge is 0.407 e. The molecule has 15 heavy (non-hydrogen) atoms. The molecule has 0 rings (SSSR count). The maximum atomic E-state index is 12.4. The molecule has 88 valence electrons. The van der Waals surface area contributed by atoms with E-state index < -0.39 is 23.8 Å². The minimum atomic E-state index is -4.80. The Kier molecular flexibility index (Phi) is 4.77. The van der Waals surface area contributed by atoms with Gasteiger partial charge < -0.3 is 4.90 Å². The quantitative estimate of drug-likeness (QED) is 0.682. The zero-order chi connectivity index (χ0) is 12.2. The second kappa shape index (κ2) is 5.14. The lowest BCUT2D eigenvalue weighted by Crippen LogP contribution is -2.45. The van der Waals surface area contributed by atoms with Crippen LogP contribution in [-0.4, -0.2) is 35.9 Å². The molecular formula is C9H14F3NO2. The first-order valence-electron chi connectivity index (χ1n) is 4.61. The van der Waals surface area contributed by atoms with Crippen LogP contribution in [0.25, 0.3) is 0 Å². The van der Waals surface area contributed by atoms with Gasteiger partial charge in [0, 0.05) is 13.1 Å². The number of halogens is 3. The summed E-state index contributed by atoms with van der Waals surface area (Å²) in [5.74, 6) is -4.85. The van der Waals surface area contributed by atoms with Crippen molar-refractivity contribution in [1.82, 2.24) is 4.90 Å². The van der Waals surface area contributed by atoms with Crippen LogP contribution in [0.4, 0.5) is 13.2 Å². The highest BCUT2D eigenvalue weighted by molar-refractivity contribution is 6.01. The summed E-state index contributed by atoms with van der Waals surface area (Å²) in [4.78, 5) is 23.2. The first-order valence-corrected chi connectivity index (χ1v) is 4.61. The standard InChI is InChI=1S/C9H14F3NO2/c1-4-13(5-2)8(15)7(6(3)14)9(10,11)12/h7H,4-5H2,1-3H3. The third-order valence-electron chi connectivity index (χ3n) is 2.06. The van der Waals surface area contributed by atoms with Crippen molar-refractivity contribution in [2.24, 2.45) is 5.92 Å². The van der Waals surface area contributed by atoms with Crippen molar-refractivity contribution in [3.8, 4) is 0 Å². The molecule has 0 aromatic heterocycles. The first-order chi connectivity index (χ1) is 6.75. The number of carbonyl (C=O) groups excluding carboxylic acids is 2. The van der Waals surface area contributed by atoms with E-state index in [9.17, 15) is 22.8 Å². The van der Waals surface area contributed by atoms with Gasteiger partial charge in [-0.2, -0.15) is 13.2 Å². The Labute approximate surface area is 86.2 Å². The van der Waals surface area contributed by atoms with Crippen molar-refractivity contribution in [2.45, 2.75) is 26.9 Å². The Bertz CT molecular complexity index is 246. The lowest BCUT2D eigenvalue weighted by Gasteiger charge is -2.24. The van der Waals surface area contributed by atoms with Gasteiger partial charge in [-0.3, -0.25) is 9.59 Å². The van der Waals surface area contributed by atoms with Gasteiger partial charge in [-0.25, -0.2) is 0 Å². The van der Waals surface area contributed by atoms with Gasteiger partial charge in [-0.15, -0.1) is 0 Å². The fourth-order valence-corrected chi connectivity index (χ4v) is 1.26. The zero-order valence-corrected chi connectivity index (χ0v) is 8.89. The normalized spacial score (nSPS) is 13.5. The van der Waals surface area contributed by atoms with Gasteiger partial charge in [-0.05, 0) is 20.8 Å². The molecule has 1 amide bonds. The monoisotopic (exact) mass is 225 g/mol. The molecule has 0 radical (unpaired) electrons. The Balaban J connectivity index is 4.95. The number of carbonyl (C=O) groups is 2. The predicted molar refractivity (Wildman–Crippen MR) is 48.2 cm³/mol. The summed E-state index contributed by atoms with van der Waals surface area (Å²) < 4.78 is 37.2. The lowest BCUT2D eigenvalue weighted by molar-refractivity contribution is -0.190. The number of hydrogen-bond donors (Lipinski definition) is 0. The van der Waals surface area contributed by atoms with Gasteiger partial charge in [0.05, 0.1) is 0 Å². The molecule has 0 bridgehead atoms. The van der Waals surface area contributed by atoms with Crippen LogP contribution >= 0.6 is 0 Å². The van der Waals surface area contributed by atoms with Gasteiger partial charge in [0.1, 0.15) is 0 Å². The fourth-order valence-electron chi connectivity index (χ4n) is 1.26. The molecule has 0 spiro atoms. The third kappa shape index (κ3) is 3.53. The highest BCUT2D eigenvalue weighted by atomic mass is 19.4. The van der Waals surface area contributed by atoms with Crippen molar-refractivity contribution >= 4 is 11.7 Å². The average molecular weight is 225 g/mol. The molecular weight excluding hydrogens is 211 g/mol. The fraction of sp³-hybridized carbons (Fsp3) is 0.778. The van der Waals surface area contributed by atoms with Crippen LogP contribution in [0.1, 0.15) is 20.8 Å². The molecule has 0 saturated carbocycles. The molecule has 0 aliphatic heterocycles. The topological polar surface area (TPSA) is 37.4 Å². The maximum absolute atomic E-state index is 12.4. The van der Waals surface area contributed by atoms with Crippen molar-refractivity contribution in [2.75, 3.05) is 13.1 Å². The van der Waals surface area contributed by atoms with E-state index in [1.807, 2.05) is 0 Å². The molecule has 0 fully saturated rings. The molecule has 0 aromatic carbocycles. The van der Waals surface area contributed by atoms with Gasteiger partial charge in [-0.1, -0.05) is 0 Å². The molecule has 1 atom stereocenters. The predicted octanol–water partition coefficient (Wildman–Crippen LogP) is 1.62. The van der Waals surface area contributed by atoms with E-state index in [0.29, 0.717) is 0 Å². The molecule has 0 heterocycles. The van der Waals surface area contributed by atoms with Crippen LogP contribution < -0.4 is 0 Å². The van der Waals surface area contributed by atoms with E-state index in [4.69, 9.17) is 0 Å². The Hall–Kier alpha value is -1.07. The summed E-state index contributed by atoms with van der Waals surface area (Å²) in [6, 6.07) is 0. The third-order valence-corrected chi connectivity index (χ3v) is 2.06. The van der Waals surface area contributed by atoms with Gasteiger partial charge in [0.15, 0.2) is 11.7 Å². The Morgan fingerprint density at radius 1 is 1.20 bits per heavy atom. The Morgan fingerprint density at radius 3 is 1.80 bits per heavy atom. The van der Waals surface area contributed by atoms with E-state index in [1.54, 1.807) is 13.8 Å². The van der Waals surface area contributed by atoms with Crippen LogP contribution in [0.3, 0.4) is 0 Å². The molecule has 0 aliphatic rings. The van der Waals surface area contributed by atoms with Crippen LogP contribution in [0.15, 0.2) is 0 Å². The highest BCUT2D eigenvalue weighted by Gasteiger charge is 2.49. The SMILES string of the molecule is CCN(CC)C(=O)C(C(C)=O)C(F)(F)F. The lowest BCUT2D eigenvalue weighted by atomic mass is 10.0. The number of hydrogen-bond acceptors (Lipinski definition) is 2. The van der Waals surface area contributed by atoms with Crippen LogP contribution in [0.5, 0.6) is 0 Å². The van der Waals surface area contributed by atoms with Crippen molar-refractivity contribution in [3.05, 3.63) is 0 Å². The molecule has 0 aromatic rings. The summed E-state index contributed by atoms with van der Waals surface area (Å²) in [7, 11) is 0. The van der Waals surface area contributed by atoms with Gasteiger partial charge >= 0.3 is 6.18 Å². The molecule has 1 unspecified atom stereocenters. The number of alkyl halides is 3. The van der Waals surface area contributed by atoms with E-state index in [0.717, 1.165) is 11.8 Å². The molecule has 0 saturated heterocycles. The van der Waals surface area contributed by atoms with Gasteiger partial charge in [0.2, 0.25) is 5.91 Å². The summed E-state index contributed by atoms with van der Waals surface area (Å²) in [5.41, 5.74) is 0.